The fourth-order valence-corrected chi connectivity index (χ4v) is 3.79. The van der Waals surface area contributed by atoms with Gasteiger partial charge in [-0.15, -0.1) is 15.7 Å². The van der Waals surface area contributed by atoms with Crippen LogP contribution in [-0.2, 0) is 25.4 Å². The van der Waals surface area contributed by atoms with Gasteiger partial charge in [-0.2, -0.15) is 20.5 Å². The molecule has 0 spiro atoms. The van der Waals surface area contributed by atoms with Gasteiger partial charge in [0.1, 0.15) is 6.54 Å². The Balaban J connectivity index is 0.00000139. The number of alkyl halides is 4. The van der Waals surface area contributed by atoms with E-state index in [9.17, 15) is 35.6 Å². The molecule has 1 aromatic heterocycles. The van der Waals surface area contributed by atoms with Crippen molar-refractivity contribution in [2.24, 2.45) is 15.1 Å². The molecule has 7 N–H and O–H groups in total. The van der Waals surface area contributed by atoms with Crippen LogP contribution in [0.5, 0.6) is 0 Å². The second-order valence-corrected chi connectivity index (χ2v) is 10.1. The first-order valence-electron chi connectivity index (χ1n) is 9.66. The summed E-state index contributed by atoms with van der Waals surface area (Å²) in [4.78, 5) is 26.5. The van der Waals surface area contributed by atoms with Crippen LogP contribution in [0, 0.1) is 0 Å². The third-order valence-electron chi connectivity index (χ3n) is 3.22. The van der Waals surface area contributed by atoms with Gasteiger partial charge in [-0.25, -0.2) is 36.8 Å². The van der Waals surface area contributed by atoms with Gasteiger partial charge in [-0.3, -0.25) is 0 Å². The molecule has 0 fully saturated rings. The number of aliphatic carboxylic acids is 2. The number of nitrogens with one attached hydrogen (secondary N) is 3. The number of nitrogens with zero attached hydrogens (tertiary/aromatic N) is 3. The van der Waals surface area contributed by atoms with Crippen molar-refractivity contribution in [3.8, 4) is 0 Å². The highest BCUT2D eigenvalue weighted by molar-refractivity contribution is 7.98. The maximum absolute atomic E-state index is 12.8. The summed E-state index contributed by atoms with van der Waals surface area (Å²) in [5.41, 5.74) is 6.09. The van der Waals surface area contributed by atoms with Crippen LogP contribution in [0.1, 0.15) is 5.69 Å². The van der Waals surface area contributed by atoms with Gasteiger partial charge in [0.15, 0.2) is 11.1 Å². The van der Waals surface area contributed by atoms with Crippen molar-refractivity contribution in [3.63, 3.8) is 0 Å². The number of aromatic nitrogens is 1. The number of carboxylic acids is 2. The zero-order chi connectivity index (χ0) is 28.6. The molecular weight excluding hydrogens is 570 g/mol. The second kappa shape index (κ2) is 16.6. The van der Waals surface area contributed by atoms with E-state index in [0.29, 0.717) is 35.9 Å². The van der Waals surface area contributed by atoms with Crippen molar-refractivity contribution in [2.75, 3.05) is 37.5 Å². The molecule has 0 bridgehead atoms. The fraction of sp³-hybridized carbons (Fsp3) is 0.471. The topological polar surface area (TPSA) is 208 Å². The highest BCUT2D eigenvalue weighted by Gasteiger charge is 2.40. The van der Waals surface area contributed by atoms with Crippen molar-refractivity contribution >= 4 is 62.1 Å². The SMILES string of the molecule is CNC(=NS(C)(=O)=O)NCCSCc1csc(NC(N)=NCC(F)(F)C(F)F)n1.O=C(O)C=CC(=O)O. The van der Waals surface area contributed by atoms with Gasteiger partial charge in [0.05, 0.1) is 11.9 Å². The number of anilines is 1. The number of carboxylic acid groups (broad SMARTS) is 2. The molecule has 0 aromatic carbocycles. The predicted octanol–water partition coefficient (Wildman–Crippen LogP) is 0.840. The zero-order valence-electron chi connectivity index (χ0n) is 19.3. The summed E-state index contributed by atoms with van der Waals surface area (Å²) >= 11 is 2.66. The monoisotopic (exact) mass is 595 g/mol. The van der Waals surface area contributed by atoms with Gasteiger partial charge >= 0.3 is 24.3 Å². The zero-order valence-corrected chi connectivity index (χ0v) is 21.8. The Morgan fingerprint density at radius 3 is 2.38 bits per heavy atom. The van der Waals surface area contributed by atoms with E-state index in [0.717, 1.165) is 17.6 Å². The first-order chi connectivity index (χ1) is 17.1. The molecule has 1 heterocycles. The Morgan fingerprint density at radius 2 is 1.89 bits per heavy atom. The highest BCUT2D eigenvalue weighted by Crippen LogP contribution is 2.23. The maximum Gasteiger partial charge on any atom is 0.328 e. The maximum atomic E-state index is 12.8. The number of hydrogen-bond donors (Lipinski definition) is 6. The molecule has 0 saturated heterocycles. The molecule has 0 aliphatic heterocycles. The minimum atomic E-state index is -4.25. The number of carbonyl (C=O) groups is 2. The van der Waals surface area contributed by atoms with E-state index in [1.807, 2.05) is 0 Å². The van der Waals surface area contributed by atoms with E-state index in [1.165, 1.54) is 18.8 Å². The molecule has 37 heavy (non-hydrogen) atoms. The van der Waals surface area contributed by atoms with Crippen molar-refractivity contribution in [3.05, 3.63) is 23.2 Å². The quantitative estimate of drug-likeness (QED) is 0.0653. The molecule has 0 aliphatic carbocycles. The summed E-state index contributed by atoms with van der Waals surface area (Å²) in [5.74, 6) is -5.91. The van der Waals surface area contributed by atoms with Crippen LogP contribution in [0.3, 0.4) is 0 Å². The third-order valence-corrected chi connectivity index (χ3v) is 5.53. The van der Waals surface area contributed by atoms with E-state index in [4.69, 9.17) is 15.9 Å². The lowest BCUT2D eigenvalue weighted by atomic mass is 10.3. The number of thiazole rings is 1. The number of nitrogens with two attached hydrogens (primary N) is 1. The van der Waals surface area contributed by atoms with Crippen molar-refractivity contribution in [1.82, 2.24) is 15.6 Å². The van der Waals surface area contributed by atoms with Gasteiger partial charge < -0.3 is 31.9 Å². The summed E-state index contributed by atoms with van der Waals surface area (Å²) in [6, 6.07) is 0. The summed E-state index contributed by atoms with van der Waals surface area (Å²) in [7, 11) is -1.96. The van der Waals surface area contributed by atoms with E-state index in [-0.39, 0.29) is 11.1 Å². The molecule has 0 amide bonds. The Kier molecular flexibility index (Phi) is 15.2. The second-order valence-electron chi connectivity index (χ2n) is 6.44. The predicted molar refractivity (Wildman–Crippen MR) is 133 cm³/mol. The minimum absolute atomic E-state index is 0.139. The van der Waals surface area contributed by atoms with Crippen molar-refractivity contribution in [2.45, 2.75) is 18.1 Å². The van der Waals surface area contributed by atoms with Crippen LogP contribution in [0.4, 0.5) is 22.7 Å². The van der Waals surface area contributed by atoms with E-state index in [2.05, 4.69) is 30.3 Å². The normalized spacial score (nSPS) is 12.7. The van der Waals surface area contributed by atoms with Crippen LogP contribution in [-0.4, -0.2) is 92.0 Å². The summed E-state index contributed by atoms with van der Waals surface area (Å²) in [6.45, 7) is -0.977. The Morgan fingerprint density at radius 1 is 1.30 bits per heavy atom. The first kappa shape index (κ1) is 33.9. The van der Waals surface area contributed by atoms with Crippen LogP contribution in [0.25, 0.3) is 0 Å². The molecule has 0 radical (unpaired) electrons. The molecule has 0 saturated carbocycles. The van der Waals surface area contributed by atoms with Crippen LogP contribution in [0.2, 0.25) is 0 Å². The molecule has 0 atom stereocenters. The number of guanidine groups is 2. The molecule has 0 unspecified atom stereocenters. The summed E-state index contributed by atoms with van der Waals surface area (Å²) in [5, 5.41) is 25.6. The van der Waals surface area contributed by atoms with E-state index < -0.39 is 46.8 Å². The summed E-state index contributed by atoms with van der Waals surface area (Å²) in [6.07, 6.45) is -1.72. The van der Waals surface area contributed by atoms with Gasteiger partial charge in [0.25, 0.3) is 10.0 Å². The van der Waals surface area contributed by atoms with Crippen molar-refractivity contribution < 1.29 is 45.8 Å². The average Bonchev–Trinajstić information content (AvgIpc) is 3.21. The van der Waals surface area contributed by atoms with Gasteiger partial charge in [-0.05, 0) is 0 Å². The number of hydrogen-bond acceptors (Lipinski definition) is 8. The average molecular weight is 596 g/mol. The highest BCUT2D eigenvalue weighted by atomic mass is 32.2. The lowest BCUT2D eigenvalue weighted by Gasteiger charge is -2.12. The number of aliphatic imine (C=N–C) groups is 1. The van der Waals surface area contributed by atoms with Crippen LogP contribution < -0.4 is 21.7 Å². The number of thioether (sulfide) groups is 1. The van der Waals surface area contributed by atoms with E-state index in [1.54, 1.807) is 5.38 Å². The van der Waals surface area contributed by atoms with Gasteiger partial charge in [-0.1, -0.05) is 0 Å². The minimum Gasteiger partial charge on any atom is -0.478 e. The molecule has 1 aromatic rings. The molecular formula is C17H25F4N7O6S3. The van der Waals surface area contributed by atoms with Crippen LogP contribution in [0.15, 0.2) is 26.9 Å². The molecule has 20 heteroatoms. The Bertz CT molecular complexity index is 1070. The first-order valence-corrected chi connectivity index (χ1v) is 13.5. The largest absolute Gasteiger partial charge is 0.478 e. The van der Waals surface area contributed by atoms with Crippen LogP contribution >= 0.6 is 23.1 Å². The number of rotatable bonds is 12. The third kappa shape index (κ3) is 17.9. The lowest BCUT2D eigenvalue weighted by Crippen LogP contribution is -2.36. The number of sulfonamides is 1. The molecule has 13 nitrogen and oxygen atoms in total. The fourth-order valence-electron chi connectivity index (χ4n) is 1.73. The molecule has 1 rings (SSSR count). The summed E-state index contributed by atoms with van der Waals surface area (Å²) < 4.78 is 75.4. The number of halogens is 4. The molecule has 0 aliphatic rings. The Hall–Kier alpha value is -3.13. The molecule has 210 valence electrons. The van der Waals surface area contributed by atoms with E-state index >= 15 is 0 Å². The van der Waals surface area contributed by atoms with Crippen molar-refractivity contribution in [1.29, 1.82) is 0 Å². The van der Waals surface area contributed by atoms with Gasteiger partial charge in [0, 0.05) is 42.6 Å². The smallest absolute Gasteiger partial charge is 0.328 e. The Labute approximate surface area is 217 Å². The lowest BCUT2D eigenvalue weighted by molar-refractivity contribution is -0.134. The van der Waals surface area contributed by atoms with Gasteiger partial charge in [0.2, 0.25) is 5.96 Å². The standard InChI is InChI=1S/C13H21F4N7O2S3.C4H4O4/c1-19-11(24-29(2,25)26)20-3-4-27-5-8-6-28-12(22-8)23-10(18)21-7-13(16,17)9(14)15;5-3(6)1-2-4(7)8/h6,9H,3-5,7H2,1-2H3,(H2,19,20,24)(H3,18,21,22,23);1-2H,(H,5,6)(H,7,8).